The summed E-state index contributed by atoms with van der Waals surface area (Å²) in [5.41, 5.74) is 2.83. The van der Waals surface area contributed by atoms with Crippen LogP contribution >= 0.6 is 0 Å². The Morgan fingerprint density at radius 1 is 1.08 bits per heavy atom. The third-order valence-corrected chi connectivity index (χ3v) is 4.02. The van der Waals surface area contributed by atoms with Gasteiger partial charge in [-0.1, -0.05) is 44.2 Å². The van der Waals surface area contributed by atoms with Crippen molar-refractivity contribution in [2.75, 3.05) is 31.2 Å². The summed E-state index contributed by atoms with van der Waals surface area (Å²) in [6.07, 6.45) is 2.34. The Labute approximate surface area is 152 Å². The molecule has 2 aromatic heterocycles. The third-order valence-electron chi connectivity index (χ3n) is 4.02. The van der Waals surface area contributed by atoms with Gasteiger partial charge in [-0.15, -0.1) is 0 Å². The molecule has 0 unspecified atom stereocenters. The van der Waals surface area contributed by atoms with Crippen molar-refractivity contribution >= 4 is 23.1 Å². The van der Waals surface area contributed by atoms with Gasteiger partial charge in [-0.25, -0.2) is 15.0 Å². The highest BCUT2D eigenvalue weighted by Gasteiger charge is 2.19. The Hall–Kier alpha value is -2.86. The van der Waals surface area contributed by atoms with Gasteiger partial charge in [0.25, 0.3) is 0 Å². The summed E-state index contributed by atoms with van der Waals surface area (Å²) in [4.78, 5) is 27.0. The average molecular weight is 350 g/mol. The van der Waals surface area contributed by atoms with Crippen molar-refractivity contribution < 1.29 is 9.53 Å². The minimum atomic E-state index is 0.508. The molecule has 1 aliphatic heterocycles. The quantitative estimate of drug-likeness (QED) is 0.675. The van der Waals surface area contributed by atoms with Gasteiger partial charge in [-0.05, 0) is 6.07 Å². The molecule has 6 nitrogen and oxygen atoms in total. The van der Waals surface area contributed by atoms with E-state index in [2.05, 4.69) is 14.9 Å². The number of benzene rings is 1. The van der Waals surface area contributed by atoms with Gasteiger partial charge in [-0.2, -0.15) is 0 Å². The van der Waals surface area contributed by atoms with E-state index in [1.54, 1.807) is 12.3 Å². The van der Waals surface area contributed by atoms with Crippen LogP contribution in [0.15, 0.2) is 42.6 Å². The molecule has 3 aromatic rings. The zero-order valence-electron chi connectivity index (χ0n) is 15.1. The lowest BCUT2D eigenvalue weighted by molar-refractivity contribution is 0.112. The number of aldehydes is 1. The second-order valence-corrected chi connectivity index (χ2v) is 5.59. The smallest absolute Gasteiger partial charge is 0.162 e. The first kappa shape index (κ1) is 17.9. The molecule has 0 radical (unpaired) electrons. The molecule has 1 aromatic carbocycles. The van der Waals surface area contributed by atoms with Crippen LogP contribution in [0.3, 0.4) is 0 Å². The highest BCUT2D eigenvalue weighted by molar-refractivity contribution is 5.91. The molecule has 0 bridgehead atoms. The molecule has 1 fully saturated rings. The molecule has 26 heavy (non-hydrogen) atoms. The van der Waals surface area contributed by atoms with Crippen LogP contribution in [-0.2, 0) is 4.74 Å². The monoisotopic (exact) mass is 350 g/mol. The minimum Gasteiger partial charge on any atom is -0.378 e. The number of carbonyl (C=O) groups is 1. The van der Waals surface area contributed by atoms with E-state index in [0.717, 1.165) is 30.8 Å². The first-order valence-electron chi connectivity index (χ1n) is 8.86. The molecule has 0 aliphatic carbocycles. The number of anilines is 1. The fraction of sp³-hybridized carbons (Fsp3) is 0.300. The van der Waals surface area contributed by atoms with Crippen molar-refractivity contribution in [3.05, 3.63) is 48.2 Å². The Morgan fingerprint density at radius 3 is 2.50 bits per heavy atom. The molecule has 0 N–H and O–H groups in total. The van der Waals surface area contributed by atoms with Crippen LogP contribution in [0.2, 0.25) is 0 Å². The molecule has 1 saturated heterocycles. The summed E-state index contributed by atoms with van der Waals surface area (Å²) < 4.78 is 5.43. The Balaban J connectivity index is 0.000000948. The number of nitrogens with zero attached hydrogens (tertiary/aromatic N) is 4. The van der Waals surface area contributed by atoms with E-state index >= 15 is 0 Å². The normalized spacial score (nSPS) is 13.8. The number of hydrogen-bond acceptors (Lipinski definition) is 6. The summed E-state index contributed by atoms with van der Waals surface area (Å²) in [5.74, 6) is 1.43. The Bertz CT molecular complexity index is 878. The lowest BCUT2D eigenvalue weighted by Crippen LogP contribution is -2.37. The summed E-state index contributed by atoms with van der Waals surface area (Å²) in [7, 11) is 0. The molecule has 0 atom stereocenters. The molecule has 1 aliphatic rings. The average Bonchev–Trinajstić information content (AvgIpc) is 2.75. The van der Waals surface area contributed by atoms with Gasteiger partial charge in [0.2, 0.25) is 0 Å². The highest BCUT2D eigenvalue weighted by atomic mass is 16.5. The largest absolute Gasteiger partial charge is 0.378 e. The van der Waals surface area contributed by atoms with Gasteiger partial charge in [0.15, 0.2) is 17.9 Å². The summed E-state index contributed by atoms with van der Waals surface area (Å²) in [6, 6.07) is 11.6. The van der Waals surface area contributed by atoms with Gasteiger partial charge >= 0.3 is 0 Å². The van der Waals surface area contributed by atoms with E-state index < -0.39 is 0 Å². The van der Waals surface area contributed by atoms with Gasteiger partial charge in [-0.3, -0.25) is 4.79 Å². The molecule has 0 saturated carbocycles. The predicted octanol–water partition coefficient (Wildman–Crippen LogP) is 3.37. The molecular formula is C20H22N4O2. The molecule has 6 heteroatoms. The maximum absolute atomic E-state index is 11.1. The molecule has 3 heterocycles. The first-order chi connectivity index (χ1) is 12.8. The van der Waals surface area contributed by atoms with E-state index in [-0.39, 0.29) is 0 Å². The zero-order valence-corrected chi connectivity index (χ0v) is 15.1. The van der Waals surface area contributed by atoms with Crippen LogP contribution in [0.1, 0.15) is 24.2 Å². The SMILES string of the molecule is CC.O=Cc1cnc2c(N3CCOCC3)nc(-c3ccccc3)nc2c1. The number of aromatic nitrogens is 3. The van der Waals surface area contributed by atoms with E-state index in [4.69, 9.17) is 9.72 Å². The number of pyridine rings is 1. The highest BCUT2D eigenvalue weighted by Crippen LogP contribution is 2.27. The van der Waals surface area contributed by atoms with Crippen molar-refractivity contribution in [1.82, 2.24) is 15.0 Å². The lowest BCUT2D eigenvalue weighted by atomic mass is 10.2. The number of rotatable bonds is 3. The number of hydrogen-bond donors (Lipinski definition) is 0. The van der Waals surface area contributed by atoms with E-state index in [0.29, 0.717) is 35.6 Å². The van der Waals surface area contributed by atoms with Crippen molar-refractivity contribution in [3.63, 3.8) is 0 Å². The zero-order chi connectivity index (χ0) is 18.4. The second-order valence-electron chi connectivity index (χ2n) is 5.59. The van der Waals surface area contributed by atoms with Crippen molar-refractivity contribution in [1.29, 1.82) is 0 Å². The minimum absolute atomic E-state index is 0.508. The lowest BCUT2D eigenvalue weighted by Gasteiger charge is -2.28. The van der Waals surface area contributed by atoms with Crippen molar-refractivity contribution in [2.24, 2.45) is 0 Å². The third kappa shape index (κ3) is 3.70. The van der Waals surface area contributed by atoms with Crippen LogP contribution in [0.5, 0.6) is 0 Å². The summed E-state index contributed by atoms with van der Waals surface area (Å²) in [5, 5.41) is 0. The molecule has 4 rings (SSSR count). The molecule has 134 valence electrons. The van der Waals surface area contributed by atoms with Crippen LogP contribution in [0, 0.1) is 0 Å². The van der Waals surface area contributed by atoms with Gasteiger partial charge in [0, 0.05) is 30.4 Å². The maximum Gasteiger partial charge on any atom is 0.162 e. The topological polar surface area (TPSA) is 68.2 Å². The second kappa shape index (κ2) is 8.49. The Morgan fingerprint density at radius 2 is 1.81 bits per heavy atom. The first-order valence-corrected chi connectivity index (χ1v) is 8.86. The summed E-state index contributed by atoms with van der Waals surface area (Å²) in [6.45, 7) is 6.85. The maximum atomic E-state index is 11.1. The van der Waals surface area contributed by atoms with E-state index in [1.165, 1.54) is 0 Å². The molecular weight excluding hydrogens is 328 g/mol. The fourth-order valence-electron chi connectivity index (χ4n) is 2.79. The van der Waals surface area contributed by atoms with Gasteiger partial charge < -0.3 is 9.64 Å². The number of fused-ring (bicyclic) bond motifs is 1. The van der Waals surface area contributed by atoms with Crippen LogP contribution < -0.4 is 4.90 Å². The fourth-order valence-corrected chi connectivity index (χ4v) is 2.79. The Kier molecular flexibility index (Phi) is 5.86. The predicted molar refractivity (Wildman–Crippen MR) is 103 cm³/mol. The molecule has 0 spiro atoms. The van der Waals surface area contributed by atoms with Crippen molar-refractivity contribution in [2.45, 2.75) is 13.8 Å². The number of ether oxygens (including phenoxy) is 1. The van der Waals surface area contributed by atoms with E-state index in [1.807, 2.05) is 44.2 Å². The van der Waals surface area contributed by atoms with Crippen molar-refractivity contribution in [3.8, 4) is 11.4 Å². The van der Waals surface area contributed by atoms with Gasteiger partial charge in [0.05, 0.1) is 18.7 Å². The standard InChI is InChI=1S/C18H16N4O2.C2H6/c23-12-13-10-15-16(19-11-13)18(22-6-8-24-9-7-22)21-17(20-15)14-4-2-1-3-5-14;1-2/h1-5,10-12H,6-9H2;1-2H3. The number of carbonyl (C=O) groups excluding carboxylic acids is 1. The van der Waals surface area contributed by atoms with Crippen LogP contribution in [0.25, 0.3) is 22.4 Å². The summed E-state index contributed by atoms with van der Waals surface area (Å²) >= 11 is 0. The van der Waals surface area contributed by atoms with E-state index in [9.17, 15) is 4.79 Å². The number of morpholine rings is 1. The van der Waals surface area contributed by atoms with Crippen LogP contribution in [-0.4, -0.2) is 47.5 Å². The van der Waals surface area contributed by atoms with Crippen LogP contribution in [0.4, 0.5) is 5.82 Å². The molecule has 0 amide bonds. The van der Waals surface area contributed by atoms with Gasteiger partial charge in [0.1, 0.15) is 5.52 Å².